The standard InChI is InChI=1S/C16H21NS/c1-2-17-14-8-7-12(10-14)9-13-11-18-16-6-4-3-5-15(13)16/h3-6,11-12,14,17H,2,7-10H2,1H3. The van der Waals surface area contributed by atoms with Crippen LogP contribution in [0.2, 0.25) is 0 Å². The summed E-state index contributed by atoms with van der Waals surface area (Å²) in [5.41, 5.74) is 1.57. The molecule has 1 aliphatic carbocycles. The van der Waals surface area contributed by atoms with Crippen LogP contribution in [-0.2, 0) is 6.42 Å². The smallest absolute Gasteiger partial charge is 0.0345 e. The molecule has 1 heterocycles. The van der Waals surface area contributed by atoms with E-state index in [-0.39, 0.29) is 0 Å². The fraction of sp³-hybridized carbons (Fsp3) is 0.500. The lowest BCUT2D eigenvalue weighted by atomic mass is 9.97. The molecule has 2 atom stereocenters. The van der Waals surface area contributed by atoms with Gasteiger partial charge >= 0.3 is 0 Å². The van der Waals surface area contributed by atoms with Gasteiger partial charge in [0.05, 0.1) is 0 Å². The zero-order valence-electron chi connectivity index (χ0n) is 11.0. The molecule has 3 rings (SSSR count). The monoisotopic (exact) mass is 259 g/mol. The quantitative estimate of drug-likeness (QED) is 0.866. The van der Waals surface area contributed by atoms with Crippen LogP contribution >= 0.6 is 11.3 Å². The molecule has 0 amide bonds. The first kappa shape index (κ1) is 12.2. The van der Waals surface area contributed by atoms with Crippen LogP contribution in [0.3, 0.4) is 0 Å². The number of fused-ring (bicyclic) bond motifs is 1. The predicted molar refractivity (Wildman–Crippen MR) is 80.3 cm³/mol. The van der Waals surface area contributed by atoms with Crippen LogP contribution in [0.25, 0.3) is 10.1 Å². The maximum absolute atomic E-state index is 3.59. The molecule has 1 N–H and O–H groups in total. The number of rotatable bonds is 4. The van der Waals surface area contributed by atoms with Crippen molar-refractivity contribution >= 4 is 21.4 Å². The molecule has 1 saturated carbocycles. The zero-order valence-corrected chi connectivity index (χ0v) is 11.8. The maximum Gasteiger partial charge on any atom is 0.0345 e. The van der Waals surface area contributed by atoms with Crippen molar-refractivity contribution in [2.45, 2.75) is 38.6 Å². The molecule has 2 heteroatoms. The second kappa shape index (κ2) is 5.41. The van der Waals surface area contributed by atoms with Gasteiger partial charge in [-0.25, -0.2) is 0 Å². The van der Waals surface area contributed by atoms with Gasteiger partial charge in [0.15, 0.2) is 0 Å². The Kier molecular flexibility index (Phi) is 3.67. The number of nitrogens with one attached hydrogen (secondary N) is 1. The molecular formula is C16H21NS. The van der Waals surface area contributed by atoms with Crippen molar-refractivity contribution in [2.24, 2.45) is 5.92 Å². The number of hydrogen-bond acceptors (Lipinski definition) is 2. The Morgan fingerprint density at radius 3 is 3.06 bits per heavy atom. The van der Waals surface area contributed by atoms with Crippen molar-refractivity contribution in [2.75, 3.05) is 6.54 Å². The third-order valence-electron chi connectivity index (χ3n) is 4.10. The largest absolute Gasteiger partial charge is 0.314 e. The predicted octanol–water partition coefficient (Wildman–Crippen LogP) is 4.22. The van der Waals surface area contributed by atoms with Gasteiger partial charge in [-0.15, -0.1) is 11.3 Å². The van der Waals surface area contributed by atoms with Gasteiger partial charge in [0.1, 0.15) is 0 Å². The third kappa shape index (κ3) is 2.45. The molecule has 1 aliphatic rings. The van der Waals surface area contributed by atoms with Crippen LogP contribution in [-0.4, -0.2) is 12.6 Å². The van der Waals surface area contributed by atoms with E-state index in [1.165, 1.54) is 35.8 Å². The summed E-state index contributed by atoms with van der Waals surface area (Å²) in [4.78, 5) is 0. The second-order valence-electron chi connectivity index (χ2n) is 5.39. The fourth-order valence-electron chi connectivity index (χ4n) is 3.24. The van der Waals surface area contributed by atoms with Gasteiger partial charge in [-0.3, -0.25) is 0 Å². The molecule has 0 bridgehead atoms. The molecule has 0 radical (unpaired) electrons. The van der Waals surface area contributed by atoms with E-state index in [1.807, 2.05) is 11.3 Å². The molecular weight excluding hydrogens is 238 g/mol. The molecule has 18 heavy (non-hydrogen) atoms. The Morgan fingerprint density at radius 2 is 2.17 bits per heavy atom. The van der Waals surface area contributed by atoms with Gasteiger partial charge in [-0.1, -0.05) is 25.1 Å². The highest BCUT2D eigenvalue weighted by Crippen LogP contribution is 2.33. The average molecular weight is 259 g/mol. The summed E-state index contributed by atoms with van der Waals surface area (Å²) < 4.78 is 1.44. The molecule has 2 aromatic rings. The van der Waals surface area contributed by atoms with E-state index < -0.39 is 0 Å². The highest BCUT2D eigenvalue weighted by Gasteiger charge is 2.24. The lowest BCUT2D eigenvalue weighted by molar-refractivity contribution is 0.495. The highest BCUT2D eigenvalue weighted by atomic mass is 32.1. The minimum Gasteiger partial charge on any atom is -0.314 e. The van der Waals surface area contributed by atoms with Crippen LogP contribution in [0.1, 0.15) is 31.7 Å². The third-order valence-corrected chi connectivity index (χ3v) is 5.12. The number of thiophene rings is 1. The summed E-state index contributed by atoms with van der Waals surface area (Å²) in [6, 6.07) is 9.58. The van der Waals surface area contributed by atoms with E-state index in [4.69, 9.17) is 0 Å². The van der Waals surface area contributed by atoms with Crippen LogP contribution in [0, 0.1) is 5.92 Å². The van der Waals surface area contributed by atoms with Crippen molar-refractivity contribution in [3.8, 4) is 0 Å². The van der Waals surface area contributed by atoms with Crippen molar-refractivity contribution in [1.82, 2.24) is 5.32 Å². The van der Waals surface area contributed by atoms with Gasteiger partial charge in [0.2, 0.25) is 0 Å². The average Bonchev–Trinajstić information content (AvgIpc) is 2.99. The summed E-state index contributed by atoms with van der Waals surface area (Å²) in [6.45, 7) is 3.32. The molecule has 1 aromatic heterocycles. The molecule has 1 aromatic carbocycles. The first-order chi connectivity index (χ1) is 8.86. The van der Waals surface area contributed by atoms with Crippen LogP contribution in [0.5, 0.6) is 0 Å². The topological polar surface area (TPSA) is 12.0 Å². The minimum absolute atomic E-state index is 0.768. The van der Waals surface area contributed by atoms with Crippen molar-refractivity contribution in [1.29, 1.82) is 0 Å². The summed E-state index contributed by atoms with van der Waals surface area (Å²) in [7, 11) is 0. The van der Waals surface area contributed by atoms with Gasteiger partial charge in [-0.05, 0) is 60.5 Å². The molecule has 0 aliphatic heterocycles. The summed E-state index contributed by atoms with van der Waals surface area (Å²) in [5.74, 6) is 0.882. The zero-order chi connectivity index (χ0) is 12.4. The number of benzene rings is 1. The van der Waals surface area contributed by atoms with Crippen LogP contribution in [0.15, 0.2) is 29.6 Å². The van der Waals surface area contributed by atoms with E-state index in [2.05, 4.69) is 41.9 Å². The molecule has 1 nitrogen and oxygen atoms in total. The Morgan fingerprint density at radius 1 is 1.28 bits per heavy atom. The van der Waals surface area contributed by atoms with Gasteiger partial charge in [0, 0.05) is 10.7 Å². The van der Waals surface area contributed by atoms with E-state index in [0.29, 0.717) is 0 Å². The molecule has 96 valence electrons. The summed E-state index contributed by atoms with van der Waals surface area (Å²) in [6.07, 6.45) is 5.38. The first-order valence-electron chi connectivity index (χ1n) is 7.05. The Bertz CT molecular complexity index is 517. The van der Waals surface area contributed by atoms with E-state index >= 15 is 0 Å². The van der Waals surface area contributed by atoms with Crippen molar-refractivity contribution in [3.05, 3.63) is 35.2 Å². The van der Waals surface area contributed by atoms with E-state index in [0.717, 1.165) is 18.5 Å². The lowest BCUT2D eigenvalue weighted by Crippen LogP contribution is -2.25. The lowest BCUT2D eigenvalue weighted by Gasteiger charge is -2.11. The van der Waals surface area contributed by atoms with E-state index in [9.17, 15) is 0 Å². The van der Waals surface area contributed by atoms with Crippen molar-refractivity contribution in [3.63, 3.8) is 0 Å². The number of hydrogen-bond donors (Lipinski definition) is 1. The highest BCUT2D eigenvalue weighted by molar-refractivity contribution is 7.17. The first-order valence-corrected chi connectivity index (χ1v) is 7.93. The maximum atomic E-state index is 3.59. The Balaban J connectivity index is 1.70. The second-order valence-corrected chi connectivity index (χ2v) is 6.31. The fourth-order valence-corrected chi connectivity index (χ4v) is 4.21. The molecule has 2 unspecified atom stereocenters. The Hall–Kier alpha value is -0.860. The normalized spacial score (nSPS) is 23.8. The SMILES string of the molecule is CCNC1CCC(Cc2csc3ccccc23)C1. The molecule has 0 spiro atoms. The van der Waals surface area contributed by atoms with Gasteiger partial charge in [-0.2, -0.15) is 0 Å². The molecule has 0 saturated heterocycles. The molecule has 1 fully saturated rings. The summed E-state index contributed by atoms with van der Waals surface area (Å²) >= 11 is 1.89. The Labute approximate surface area is 113 Å². The summed E-state index contributed by atoms with van der Waals surface area (Å²) in [5, 5.41) is 7.44. The van der Waals surface area contributed by atoms with Gasteiger partial charge < -0.3 is 5.32 Å². The minimum atomic E-state index is 0.768. The van der Waals surface area contributed by atoms with Crippen molar-refractivity contribution < 1.29 is 0 Å². The van der Waals surface area contributed by atoms with Crippen LogP contribution < -0.4 is 5.32 Å². The van der Waals surface area contributed by atoms with Gasteiger partial charge in [0.25, 0.3) is 0 Å². The van der Waals surface area contributed by atoms with E-state index in [1.54, 1.807) is 5.56 Å². The van der Waals surface area contributed by atoms with Crippen LogP contribution in [0.4, 0.5) is 0 Å².